The van der Waals surface area contributed by atoms with Gasteiger partial charge < -0.3 is 14.0 Å². The first-order valence-electron chi connectivity index (χ1n) is 11.7. The Hall–Kier alpha value is -0.825. The van der Waals surface area contributed by atoms with Crippen molar-refractivity contribution in [1.82, 2.24) is 9.80 Å². The van der Waals surface area contributed by atoms with Crippen LogP contribution in [0.3, 0.4) is 0 Å². The molecule has 0 unspecified atom stereocenters. The van der Waals surface area contributed by atoms with Gasteiger partial charge in [0.25, 0.3) is 0 Å². The Morgan fingerprint density at radius 3 is 2.25 bits per heavy atom. The second-order valence-corrected chi connectivity index (χ2v) is 11.3. The molecule has 0 spiro atoms. The quantitative estimate of drug-likeness (QED) is 0.620. The fraction of sp³-hybridized carbons (Fsp3) is 0.680. The van der Waals surface area contributed by atoms with E-state index in [2.05, 4.69) is 94.7 Å². The summed E-state index contributed by atoms with van der Waals surface area (Å²) in [5.41, 5.74) is 1.88. The summed E-state index contributed by atoms with van der Waals surface area (Å²) in [6, 6.07) is 11.5. The number of nitrogens with zero attached hydrogens (tertiary/aromatic N) is 2. The average molecular weight is 460 g/mol. The molecule has 0 N–H and O–H groups in total. The van der Waals surface area contributed by atoms with Gasteiger partial charge in [-0.15, -0.1) is 0 Å². The van der Waals surface area contributed by atoms with Crippen molar-refractivity contribution in [3.05, 3.63) is 47.4 Å². The van der Waals surface area contributed by atoms with Gasteiger partial charge in [0.2, 0.25) is 0 Å². The van der Waals surface area contributed by atoms with Crippen LogP contribution < -0.4 is 0 Å². The standard InChI is InChI=1S/C25H39BN2O3.H2S/c1-23(2,3)29-18-22-17-28-15-20(26-30-24(4,5)25(6,7)31-26)13-21(28)16-27(22)14-19-11-9-8-10-12-19;/h8-13,21-22H,14-18H2,1-7H3;1H2/t21-,22+;/m0./s1. The summed E-state index contributed by atoms with van der Waals surface area (Å²) in [5, 5.41) is 0. The van der Waals surface area contributed by atoms with Crippen LogP contribution in [-0.4, -0.2) is 72.0 Å². The fourth-order valence-corrected chi connectivity index (χ4v) is 4.56. The lowest BCUT2D eigenvalue weighted by Crippen LogP contribution is -2.57. The molecule has 3 aliphatic heterocycles. The lowest BCUT2D eigenvalue weighted by molar-refractivity contribution is -0.0593. The van der Waals surface area contributed by atoms with Crippen LogP contribution in [0.2, 0.25) is 0 Å². The molecule has 32 heavy (non-hydrogen) atoms. The van der Waals surface area contributed by atoms with E-state index in [0.29, 0.717) is 12.1 Å². The van der Waals surface area contributed by atoms with Gasteiger partial charge in [0.05, 0.1) is 23.4 Å². The Morgan fingerprint density at radius 2 is 1.66 bits per heavy atom. The molecular weight excluding hydrogens is 419 g/mol. The van der Waals surface area contributed by atoms with Crippen LogP contribution in [0.15, 0.2) is 41.9 Å². The number of hydrogen-bond acceptors (Lipinski definition) is 5. The molecule has 5 nitrogen and oxygen atoms in total. The van der Waals surface area contributed by atoms with Gasteiger partial charge in [-0.2, -0.15) is 13.5 Å². The monoisotopic (exact) mass is 460 g/mol. The SMILES string of the molecule is CC(C)(C)OC[C@H]1CN2CC(B3OC(C)(C)C(C)(C)O3)=C[C@H]2CN1Cc1ccccc1.S. The van der Waals surface area contributed by atoms with Crippen molar-refractivity contribution >= 4 is 20.6 Å². The van der Waals surface area contributed by atoms with Gasteiger partial charge in [-0.1, -0.05) is 36.4 Å². The number of piperazine rings is 1. The third kappa shape index (κ3) is 5.62. The summed E-state index contributed by atoms with van der Waals surface area (Å²) in [7, 11) is -0.248. The van der Waals surface area contributed by atoms with Gasteiger partial charge in [0, 0.05) is 38.3 Å². The summed E-state index contributed by atoms with van der Waals surface area (Å²) in [6.07, 6.45) is 2.39. The van der Waals surface area contributed by atoms with E-state index in [-0.39, 0.29) is 37.4 Å². The van der Waals surface area contributed by atoms with E-state index < -0.39 is 0 Å². The van der Waals surface area contributed by atoms with Crippen LogP contribution in [0.5, 0.6) is 0 Å². The van der Waals surface area contributed by atoms with Gasteiger partial charge in [0.1, 0.15) is 0 Å². The molecule has 0 radical (unpaired) electrons. The van der Waals surface area contributed by atoms with Crippen molar-refractivity contribution in [3.63, 3.8) is 0 Å². The van der Waals surface area contributed by atoms with Gasteiger partial charge in [-0.05, 0) is 59.5 Å². The first kappa shape index (κ1) is 25.8. The number of hydrogen-bond donors (Lipinski definition) is 0. The molecule has 3 aliphatic rings. The minimum Gasteiger partial charge on any atom is -0.400 e. The van der Waals surface area contributed by atoms with Gasteiger partial charge >= 0.3 is 7.12 Å². The zero-order chi connectivity index (χ0) is 22.4. The Labute approximate surface area is 202 Å². The van der Waals surface area contributed by atoms with E-state index in [4.69, 9.17) is 14.0 Å². The van der Waals surface area contributed by atoms with E-state index >= 15 is 0 Å². The summed E-state index contributed by atoms with van der Waals surface area (Å²) < 4.78 is 18.9. The summed E-state index contributed by atoms with van der Waals surface area (Å²) >= 11 is 0. The van der Waals surface area contributed by atoms with Crippen molar-refractivity contribution in [2.75, 3.05) is 26.2 Å². The highest BCUT2D eigenvalue weighted by Gasteiger charge is 2.53. The summed E-state index contributed by atoms with van der Waals surface area (Å²) in [4.78, 5) is 5.16. The third-order valence-electron chi connectivity index (χ3n) is 7.14. The number of fused-ring (bicyclic) bond motifs is 1. The highest BCUT2D eigenvalue weighted by atomic mass is 32.1. The Balaban J connectivity index is 0.00000289. The zero-order valence-corrected chi connectivity index (χ0v) is 21.9. The van der Waals surface area contributed by atoms with E-state index in [1.807, 2.05) is 0 Å². The second-order valence-electron chi connectivity index (χ2n) is 11.3. The maximum absolute atomic E-state index is 6.34. The second kappa shape index (κ2) is 9.44. The molecule has 0 bridgehead atoms. The van der Waals surface area contributed by atoms with Crippen LogP contribution in [0, 0.1) is 0 Å². The van der Waals surface area contributed by atoms with E-state index in [9.17, 15) is 0 Å². The summed E-state index contributed by atoms with van der Waals surface area (Å²) in [5.74, 6) is 0. The maximum Gasteiger partial charge on any atom is 0.491 e. The van der Waals surface area contributed by atoms with E-state index in [1.165, 1.54) is 11.0 Å². The van der Waals surface area contributed by atoms with Crippen LogP contribution in [-0.2, 0) is 20.6 Å². The Bertz CT molecular complexity index is 793. The summed E-state index contributed by atoms with van der Waals surface area (Å²) in [6.45, 7) is 19.5. The molecule has 178 valence electrons. The maximum atomic E-state index is 6.34. The van der Waals surface area contributed by atoms with Crippen LogP contribution in [0.4, 0.5) is 0 Å². The number of benzene rings is 1. The molecule has 0 aromatic heterocycles. The van der Waals surface area contributed by atoms with Crippen molar-refractivity contribution in [2.24, 2.45) is 0 Å². The van der Waals surface area contributed by atoms with Gasteiger partial charge in [-0.25, -0.2) is 0 Å². The molecule has 0 amide bonds. The van der Waals surface area contributed by atoms with Gasteiger partial charge in [-0.3, -0.25) is 9.80 Å². The van der Waals surface area contributed by atoms with E-state index in [0.717, 1.165) is 32.8 Å². The van der Waals surface area contributed by atoms with Crippen LogP contribution in [0.1, 0.15) is 54.0 Å². The highest BCUT2D eigenvalue weighted by Crippen LogP contribution is 2.40. The normalized spacial score (nSPS) is 27.7. The van der Waals surface area contributed by atoms with Crippen molar-refractivity contribution in [3.8, 4) is 0 Å². The van der Waals surface area contributed by atoms with Crippen molar-refractivity contribution < 1.29 is 14.0 Å². The number of rotatable bonds is 5. The average Bonchev–Trinajstić information content (AvgIpc) is 3.17. The largest absolute Gasteiger partial charge is 0.491 e. The minimum atomic E-state index is -0.302. The zero-order valence-electron chi connectivity index (χ0n) is 20.9. The molecule has 1 aromatic carbocycles. The van der Waals surface area contributed by atoms with Crippen LogP contribution in [0.25, 0.3) is 0 Å². The van der Waals surface area contributed by atoms with Crippen molar-refractivity contribution in [2.45, 2.75) is 83.9 Å². The molecule has 0 aliphatic carbocycles. The minimum absolute atomic E-state index is 0. The molecule has 4 rings (SSSR count). The predicted octanol–water partition coefficient (Wildman–Crippen LogP) is 4.04. The Morgan fingerprint density at radius 1 is 1.03 bits per heavy atom. The molecule has 0 saturated carbocycles. The molecule has 3 heterocycles. The molecule has 2 fully saturated rings. The molecule has 2 atom stereocenters. The number of ether oxygens (including phenoxy) is 1. The fourth-order valence-electron chi connectivity index (χ4n) is 4.56. The van der Waals surface area contributed by atoms with Crippen molar-refractivity contribution in [1.29, 1.82) is 0 Å². The third-order valence-corrected chi connectivity index (χ3v) is 7.14. The molecule has 2 saturated heterocycles. The van der Waals surface area contributed by atoms with Gasteiger partial charge in [0.15, 0.2) is 0 Å². The Kier molecular flexibility index (Phi) is 7.60. The lowest BCUT2D eigenvalue weighted by atomic mass is 9.78. The molecule has 1 aromatic rings. The molecule has 7 heteroatoms. The van der Waals surface area contributed by atoms with E-state index in [1.54, 1.807) is 0 Å². The van der Waals surface area contributed by atoms with Crippen LogP contribution >= 0.6 is 13.5 Å². The highest BCUT2D eigenvalue weighted by molar-refractivity contribution is 7.59. The first-order chi connectivity index (χ1) is 14.4. The molecular formula is C25H41BN2O3S. The first-order valence-corrected chi connectivity index (χ1v) is 11.7. The lowest BCUT2D eigenvalue weighted by Gasteiger charge is -2.44. The topological polar surface area (TPSA) is 34.2 Å². The smallest absolute Gasteiger partial charge is 0.400 e. The predicted molar refractivity (Wildman–Crippen MR) is 136 cm³/mol.